The third-order valence-electron chi connectivity index (χ3n) is 5.04. The van der Waals surface area contributed by atoms with Gasteiger partial charge in [-0.2, -0.15) is 4.37 Å². The number of fused-ring (bicyclic) bond motifs is 1. The average molecular weight is 404 g/mol. The predicted octanol–water partition coefficient (Wildman–Crippen LogP) is 5.33. The molecule has 3 aromatic carbocycles. The van der Waals surface area contributed by atoms with Crippen LogP contribution in [0.2, 0.25) is 0 Å². The quantitative estimate of drug-likeness (QED) is 0.432. The summed E-state index contributed by atoms with van der Waals surface area (Å²) in [5.74, 6) is 1.93. The highest BCUT2D eigenvalue weighted by molar-refractivity contribution is 7.13. The summed E-state index contributed by atoms with van der Waals surface area (Å²) in [5.41, 5.74) is 9.43. The highest BCUT2D eigenvalue weighted by Crippen LogP contribution is 2.31. The van der Waals surface area contributed by atoms with E-state index in [1.165, 1.54) is 26.8 Å². The lowest BCUT2D eigenvalue weighted by Gasteiger charge is -2.23. The van der Waals surface area contributed by atoms with Gasteiger partial charge in [0.25, 0.3) is 0 Å². The first-order valence-electron chi connectivity index (χ1n) is 9.81. The Balaban J connectivity index is 1.55. The number of methoxy groups -OCH3 is 1. The minimum Gasteiger partial charge on any atom is -0.497 e. The van der Waals surface area contributed by atoms with Crippen molar-refractivity contribution in [1.29, 1.82) is 0 Å². The molecule has 0 saturated heterocycles. The molecule has 0 aliphatic rings. The number of nitrogens with zero attached hydrogens (tertiary/aromatic N) is 2. The Morgan fingerprint density at radius 1 is 0.931 bits per heavy atom. The van der Waals surface area contributed by atoms with E-state index >= 15 is 0 Å². The summed E-state index contributed by atoms with van der Waals surface area (Å²) in [7, 11) is 1.69. The molecule has 0 spiro atoms. The molecule has 1 aromatic heterocycles. The van der Waals surface area contributed by atoms with Crippen molar-refractivity contribution < 1.29 is 4.74 Å². The second-order valence-corrected chi connectivity index (χ2v) is 7.80. The van der Waals surface area contributed by atoms with E-state index in [9.17, 15) is 0 Å². The Morgan fingerprint density at radius 3 is 2.31 bits per heavy atom. The molecule has 0 radical (unpaired) electrons. The zero-order chi connectivity index (χ0) is 20.1. The Morgan fingerprint density at radius 2 is 1.62 bits per heavy atom. The molecule has 0 aliphatic heterocycles. The maximum absolute atomic E-state index is 5.79. The fourth-order valence-electron chi connectivity index (χ4n) is 3.45. The first-order chi connectivity index (χ1) is 14.3. The van der Waals surface area contributed by atoms with Gasteiger partial charge < -0.3 is 15.4 Å². The van der Waals surface area contributed by atoms with Gasteiger partial charge in [0.15, 0.2) is 0 Å². The molecule has 0 unspecified atom stereocenters. The average Bonchev–Trinajstić information content (AvgIpc) is 3.21. The molecular formula is C24H25N3OS. The van der Waals surface area contributed by atoms with Crippen molar-refractivity contribution in [2.45, 2.75) is 13.0 Å². The molecule has 1 heterocycles. The van der Waals surface area contributed by atoms with E-state index in [2.05, 4.69) is 65.6 Å². The number of nitrogens with two attached hydrogens (primary N) is 1. The molecule has 0 atom stereocenters. The van der Waals surface area contributed by atoms with E-state index in [1.807, 2.05) is 12.1 Å². The molecule has 5 heteroatoms. The van der Waals surface area contributed by atoms with E-state index in [0.29, 0.717) is 6.54 Å². The number of rotatable bonds is 8. The summed E-state index contributed by atoms with van der Waals surface area (Å²) in [6.45, 7) is 2.38. The van der Waals surface area contributed by atoms with Crippen LogP contribution in [0.1, 0.15) is 12.0 Å². The normalized spacial score (nSPS) is 11.0. The number of hydrogen-bond acceptors (Lipinski definition) is 5. The topological polar surface area (TPSA) is 51.4 Å². The Kier molecular flexibility index (Phi) is 6.08. The van der Waals surface area contributed by atoms with Gasteiger partial charge in [-0.15, -0.1) is 0 Å². The van der Waals surface area contributed by atoms with Crippen LogP contribution in [0, 0.1) is 0 Å². The van der Waals surface area contributed by atoms with Crippen molar-refractivity contribution in [1.82, 2.24) is 4.37 Å². The Bertz CT molecular complexity index is 1060. The molecule has 4 nitrogen and oxygen atoms in total. The SMILES string of the molecule is COc1ccc(-c2ccc(CN(CCCN)c3nsc4ccccc34)cc2)cc1. The Hall–Kier alpha value is -2.89. The van der Waals surface area contributed by atoms with Gasteiger partial charge in [-0.05, 0) is 65.5 Å². The second kappa shape index (κ2) is 9.07. The number of anilines is 1. The number of hydrogen-bond donors (Lipinski definition) is 1. The van der Waals surface area contributed by atoms with Gasteiger partial charge in [-0.1, -0.05) is 48.5 Å². The predicted molar refractivity (Wildman–Crippen MR) is 123 cm³/mol. The number of benzene rings is 3. The van der Waals surface area contributed by atoms with Crippen LogP contribution < -0.4 is 15.4 Å². The van der Waals surface area contributed by atoms with Crippen molar-refractivity contribution in [3.8, 4) is 16.9 Å². The zero-order valence-electron chi connectivity index (χ0n) is 16.5. The van der Waals surface area contributed by atoms with Crippen molar-refractivity contribution in [2.24, 2.45) is 5.73 Å². The lowest BCUT2D eigenvalue weighted by molar-refractivity contribution is 0.415. The van der Waals surface area contributed by atoms with E-state index in [-0.39, 0.29) is 0 Å². The van der Waals surface area contributed by atoms with Gasteiger partial charge in [-0.25, -0.2) is 0 Å². The summed E-state index contributed by atoms with van der Waals surface area (Å²) >= 11 is 1.56. The van der Waals surface area contributed by atoms with Crippen LogP contribution in [0.25, 0.3) is 21.2 Å². The summed E-state index contributed by atoms with van der Waals surface area (Å²) in [5, 5.41) is 1.21. The second-order valence-electron chi connectivity index (χ2n) is 6.99. The van der Waals surface area contributed by atoms with Crippen LogP contribution in [-0.4, -0.2) is 24.6 Å². The van der Waals surface area contributed by atoms with E-state index in [0.717, 1.165) is 31.1 Å². The van der Waals surface area contributed by atoms with Crippen molar-refractivity contribution in [3.05, 3.63) is 78.4 Å². The first-order valence-corrected chi connectivity index (χ1v) is 10.6. The molecule has 4 aromatic rings. The summed E-state index contributed by atoms with van der Waals surface area (Å²) in [6, 6.07) is 25.3. The summed E-state index contributed by atoms with van der Waals surface area (Å²) in [6.07, 6.45) is 0.940. The molecular weight excluding hydrogens is 378 g/mol. The highest BCUT2D eigenvalue weighted by Gasteiger charge is 2.14. The molecule has 2 N–H and O–H groups in total. The minimum absolute atomic E-state index is 0.676. The summed E-state index contributed by atoms with van der Waals surface area (Å²) < 4.78 is 11.2. The lowest BCUT2D eigenvalue weighted by atomic mass is 10.0. The van der Waals surface area contributed by atoms with Crippen LogP contribution in [0.15, 0.2) is 72.8 Å². The maximum atomic E-state index is 5.79. The van der Waals surface area contributed by atoms with Crippen LogP contribution >= 0.6 is 11.5 Å². The number of aromatic nitrogens is 1. The molecule has 0 amide bonds. The molecule has 148 valence electrons. The monoisotopic (exact) mass is 403 g/mol. The first kappa shape index (κ1) is 19.4. The van der Waals surface area contributed by atoms with Gasteiger partial charge in [0.2, 0.25) is 0 Å². The number of ether oxygens (including phenoxy) is 1. The largest absolute Gasteiger partial charge is 0.497 e. The van der Waals surface area contributed by atoms with Crippen LogP contribution in [-0.2, 0) is 6.54 Å². The third-order valence-corrected chi connectivity index (χ3v) is 5.86. The minimum atomic E-state index is 0.676. The fraction of sp³-hybridized carbons (Fsp3) is 0.208. The molecule has 4 rings (SSSR count). The van der Waals surface area contributed by atoms with E-state index < -0.39 is 0 Å². The molecule has 0 aliphatic carbocycles. The van der Waals surface area contributed by atoms with Crippen LogP contribution in [0.5, 0.6) is 5.75 Å². The maximum Gasteiger partial charge on any atom is 0.150 e. The zero-order valence-corrected chi connectivity index (χ0v) is 17.4. The third kappa shape index (κ3) is 4.42. The van der Waals surface area contributed by atoms with Crippen molar-refractivity contribution in [2.75, 3.05) is 25.1 Å². The molecule has 0 saturated carbocycles. The van der Waals surface area contributed by atoms with Crippen LogP contribution in [0.3, 0.4) is 0 Å². The van der Waals surface area contributed by atoms with Gasteiger partial charge in [-0.3, -0.25) is 0 Å². The van der Waals surface area contributed by atoms with Gasteiger partial charge in [0, 0.05) is 18.5 Å². The van der Waals surface area contributed by atoms with E-state index in [1.54, 1.807) is 18.6 Å². The summed E-state index contributed by atoms with van der Waals surface area (Å²) in [4.78, 5) is 2.34. The molecule has 0 fully saturated rings. The lowest BCUT2D eigenvalue weighted by Crippen LogP contribution is -2.26. The van der Waals surface area contributed by atoms with Crippen molar-refractivity contribution >= 4 is 27.4 Å². The Labute approximate surface area is 175 Å². The highest BCUT2D eigenvalue weighted by atomic mass is 32.1. The van der Waals surface area contributed by atoms with Gasteiger partial charge in [0.1, 0.15) is 11.6 Å². The fourth-order valence-corrected chi connectivity index (χ4v) is 4.24. The van der Waals surface area contributed by atoms with E-state index in [4.69, 9.17) is 14.8 Å². The van der Waals surface area contributed by atoms with Crippen molar-refractivity contribution in [3.63, 3.8) is 0 Å². The smallest absolute Gasteiger partial charge is 0.150 e. The van der Waals surface area contributed by atoms with Gasteiger partial charge in [0.05, 0.1) is 11.8 Å². The molecule has 29 heavy (non-hydrogen) atoms. The molecule has 0 bridgehead atoms. The van der Waals surface area contributed by atoms with Gasteiger partial charge >= 0.3 is 0 Å². The standard InChI is InChI=1S/C24H25N3OS/c1-28-21-13-11-20(12-14-21)19-9-7-18(8-10-19)17-27(16-4-15-25)24-22-5-2-3-6-23(22)29-26-24/h2-3,5-14H,4,15-17,25H2,1H3. The van der Waals surface area contributed by atoms with Crippen LogP contribution in [0.4, 0.5) is 5.82 Å².